The van der Waals surface area contributed by atoms with E-state index in [4.69, 9.17) is 10.5 Å². The largest absolute Gasteiger partial charge is 0.493 e. The fourth-order valence-corrected chi connectivity index (χ4v) is 2.97. The third-order valence-electron chi connectivity index (χ3n) is 3.42. The summed E-state index contributed by atoms with van der Waals surface area (Å²) < 4.78 is 19.7. The highest BCUT2D eigenvalue weighted by molar-refractivity contribution is 9.10. The molecule has 1 aliphatic rings. The Labute approximate surface area is 103 Å². The summed E-state index contributed by atoms with van der Waals surface area (Å²) in [5.41, 5.74) is 6.77. The van der Waals surface area contributed by atoms with E-state index in [0.29, 0.717) is 5.75 Å². The molecule has 0 radical (unpaired) electrons. The maximum Gasteiger partial charge on any atom is 0.165 e. The standard InChI is InChI=1S/C12H15BrFNO/c1-7(15)12(5-6-12)10-8(13)3-4-9(14)11(10)16-2/h3-4,7H,5-6,15H2,1-2H3. The van der Waals surface area contributed by atoms with Crippen molar-refractivity contribution in [3.63, 3.8) is 0 Å². The van der Waals surface area contributed by atoms with Crippen LogP contribution in [0.2, 0.25) is 0 Å². The van der Waals surface area contributed by atoms with Gasteiger partial charge in [-0.2, -0.15) is 0 Å². The first-order chi connectivity index (χ1) is 7.53. The number of benzene rings is 1. The second-order valence-electron chi connectivity index (χ2n) is 4.38. The molecule has 1 aliphatic carbocycles. The normalized spacial score (nSPS) is 19.3. The second kappa shape index (κ2) is 4.00. The Morgan fingerprint density at radius 3 is 2.56 bits per heavy atom. The summed E-state index contributed by atoms with van der Waals surface area (Å²) in [4.78, 5) is 0. The number of rotatable bonds is 3. The molecule has 1 atom stereocenters. The Morgan fingerprint density at radius 1 is 1.50 bits per heavy atom. The lowest BCUT2D eigenvalue weighted by atomic mass is 9.88. The van der Waals surface area contributed by atoms with E-state index in [1.807, 2.05) is 6.92 Å². The highest BCUT2D eigenvalue weighted by Crippen LogP contribution is 2.55. The van der Waals surface area contributed by atoms with Crippen molar-refractivity contribution in [3.8, 4) is 5.75 Å². The summed E-state index contributed by atoms with van der Waals surface area (Å²) in [5, 5.41) is 0. The molecule has 1 aromatic carbocycles. The van der Waals surface area contributed by atoms with Crippen LogP contribution in [0.3, 0.4) is 0 Å². The third-order valence-corrected chi connectivity index (χ3v) is 4.08. The van der Waals surface area contributed by atoms with Crippen LogP contribution in [-0.4, -0.2) is 13.2 Å². The van der Waals surface area contributed by atoms with Gasteiger partial charge >= 0.3 is 0 Å². The summed E-state index contributed by atoms with van der Waals surface area (Å²) in [6.07, 6.45) is 1.98. The van der Waals surface area contributed by atoms with Crippen LogP contribution in [0.25, 0.3) is 0 Å². The van der Waals surface area contributed by atoms with Crippen LogP contribution in [0.1, 0.15) is 25.3 Å². The molecular formula is C12H15BrFNO. The van der Waals surface area contributed by atoms with E-state index < -0.39 is 0 Å². The van der Waals surface area contributed by atoms with Gasteiger partial charge in [0.1, 0.15) is 0 Å². The molecule has 0 amide bonds. The molecule has 0 aliphatic heterocycles. The Balaban J connectivity index is 2.59. The van der Waals surface area contributed by atoms with Crippen LogP contribution < -0.4 is 10.5 Å². The minimum atomic E-state index is -0.326. The Kier molecular flexibility index (Phi) is 2.97. The predicted octanol–water partition coefficient (Wildman–Crippen LogP) is 2.98. The maximum atomic E-state index is 13.7. The van der Waals surface area contributed by atoms with Crippen LogP contribution >= 0.6 is 15.9 Å². The zero-order valence-corrected chi connectivity index (χ0v) is 11.0. The van der Waals surface area contributed by atoms with E-state index >= 15 is 0 Å². The molecule has 0 heterocycles. The molecule has 1 saturated carbocycles. The van der Waals surface area contributed by atoms with Gasteiger partial charge in [-0.15, -0.1) is 0 Å². The monoisotopic (exact) mass is 287 g/mol. The van der Waals surface area contributed by atoms with Crippen LogP contribution in [0.5, 0.6) is 5.75 Å². The number of nitrogens with two attached hydrogens (primary N) is 1. The van der Waals surface area contributed by atoms with Crippen molar-refractivity contribution in [2.45, 2.75) is 31.2 Å². The first-order valence-electron chi connectivity index (χ1n) is 5.31. The number of halogens is 2. The van der Waals surface area contributed by atoms with E-state index in [-0.39, 0.29) is 17.3 Å². The van der Waals surface area contributed by atoms with Crippen molar-refractivity contribution in [3.05, 3.63) is 28.0 Å². The number of hydrogen-bond acceptors (Lipinski definition) is 2. The van der Waals surface area contributed by atoms with Crippen molar-refractivity contribution in [2.24, 2.45) is 5.73 Å². The number of hydrogen-bond donors (Lipinski definition) is 1. The molecule has 2 rings (SSSR count). The summed E-state index contributed by atoms with van der Waals surface area (Å²) in [6, 6.07) is 3.12. The van der Waals surface area contributed by atoms with Crippen molar-refractivity contribution in [1.82, 2.24) is 0 Å². The Morgan fingerprint density at radius 2 is 2.12 bits per heavy atom. The molecular weight excluding hydrogens is 273 g/mol. The highest BCUT2D eigenvalue weighted by atomic mass is 79.9. The van der Waals surface area contributed by atoms with Gasteiger partial charge in [-0.1, -0.05) is 15.9 Å². The molecule has 88 valence electrons. The van der Waals surface area contributed by atoms with Gasteiger partial charge in [0, 0.05) is 21.5 Å². The van der Waals surface area contributed by atoms with Crippen molar-refractivity contribution < 1.29 is 9.13 Å². The lowest BCUT2D eigenvalue weighted by Crippen LogP contribution is -2.32. The maximum absolute atomic E-state index is 13.7. The Hall–Kier alpha value is -0.610. The average molecular weight is 288 g/mol. The van der Waals surface area contributed by atoms with Crippen LogP contribution in [0.4, 0.5) is 4.39 Å². The molecule has 0 aromatic heterocycles. The van der Waals surface area contributed by atoms with Gasteiger partial charge in [-0.05, 0) is 31.9 Å². The van der Waals surface area contributed by atoms with Crippen molar-refractivity contribution in [2.75, 3.05) is 7.11 Å². The highest BCUT2D eigenvalue weighted by Gasteiger charge is 2.50. The van der Waals surface area contributed by atoms with Gasteiger partial charge in [0.05, 0.1) is 7.11 Å². The Bertz CT molecular complexity index is 416. The fraction of sp³-hybridized carbons (Fsp3) is 0.500. The predicted molar refractivity (Wildman–Crippen MR) is 65.2 cm³/mol. The van der Waals surface area contributed by atoms with Crippen molar-refractivity contribution >= 4 is 15.9 Å². The summed E-state index contributed by atoms with van der Waals surface area (Å²) in [6.45, 7) is 1.96. The van der Waals surface area contributed by atoms with E-state index in [1.54, 1.807) is 6.07 Å². The van der Waals surface area contributed by atoms with E-state index in [1.165, 1.54) is 13.2 Å². The lowest BCUT2D eigenvalue weighted by molar-refractivity contribution is 0.371. The van der Waals surface area contributed by atoms with E-state index in [0.717, 1.165) is 22.9 Å². The van der Waals surface area contributed by atoms with Gasteiger partial charge in [0.25, 0.3) is 0 Å². The smallest absolute Gasteiger partial charge is 0.165 e. The second-order valence-corrected chi connectivity index (χ2v) is 5.24. The zero-order valence-electron chi connectivity index (χ0n) is 9.39. The van der Waals surface area contributed by atoms with Gasteiger partial charge in [-0.3, -0.25) is 0 Å². The van der Waals surface area contributed by atoms with Crippen molar-refractivity contribution in [1.29, 1.82) is 0 Å². The van der Waals surface area contributed by atoms with Crippen LogP contribution in [-0.2, 0) is 5.41 Å². The molecule has 0 saturated heterocycles. The molecule has 0 spiro atoms. The minimum absolute atomic E-state index is 0.000463. The summed E-state index contributed by atoms with van der Waals surface area (Å²) in [5.74, 6) is -0.00296. The molecule has 16 heavy (non-hydrogen) atoms. The molecule has 2 nitrogen and oxygen atoms in total. The molecule has 2 N–H and O–H groups in total. The average Bonchev–Trinajstić information content (AvgIpc) is 3.02. The minimum Gasteiger partial charge on any atom is -0.493 e. The first-order valence-corrected chi connectivity index (χ1v) is 6.10. The molecule has 1 fully saturated rings. The van der Waals surface area contributed by atoms with E-state index in [9.17, 15) is 4.39 Å². The summed E-state index contributed by atoms with van der Waals surface area (Å²) >= 11 is 3.46. The molecule has 1 unspecified atom stereocenters. The molecule has 1 aromatic rings. The number of methoxy groups -OCH3 is 1. The van der Waals surface area contributed by atoms with E-state index in [2.05, 4.69) is 15.9 Å². The van der Waals surface area contributed by atoms with Crippen LogP contribution in [0, 0.1) is 5.82 Å². The fourth-order valence-electron chi connectivity index (χ4n) is 2.26. The van der Waals surface area contributed by atoms with Gasteiger partial charge < -0.3 is 10.5 Å². The zero-order chi connectivity index (χ0) is 11.9. The summed E-state index contributed by atoms with van der Waals surface area (Å²) in [7, 11) is 1.49. The molecule has 4 heteroatoms. The van der Waals surface area contributed by atoms with Gasteiger partial charge in [0.15, 0.2) is 11.6 Å². The number of ether oxygens (including phenoxy) is 1. The quantitative estimate of drug-likeness (QED) is 0.928. The molecule has 0 bridgehead atoms. The first kappa shape index (κ1) is 11.9. The lowest BCUT2D eigenvalue weighted by Gasteiger charge is -2.24. The van der Waals surface area contributed by atoms with Gasteiger partial charge in [0.2, 0.25) is 0 Å². The SMILES string of the molecule is COc1c(F)ccc(Br)c1C1(C(C)N)CC1. The van der Waals surface area contributed by atoms with Gasteiger partial charge in [-0.25, -0.2) is 4.39 Å². The topological polar surface area (TPSA) is 35.2 Å². The third kappa shape index (κ3) is 1.64. The van der Waals surface area contributed by atoms with Crippen LogP contribution in [0.15, 0.2) is 16.6 Å².